The number of nitrogens with one attached hydrogen (secondary N) is 2. The first-order valence-electron chi connectivity index (χ1n) is 9.31. The van der Waals surface area contributed by atoms with Crippen LogP contribution in [0.25, 0.3) is 0 Å². The van der Waals surface area contributed by atoms with Crippen molar-refractivity contribution in [3.05, 3.63) is 48.3 Å². The molecule has 27 heavy (non-hydrogen) atoms. The van der Waals surface area contributed by atoms with Gasteiger partial charge in [0.2, 0.25) is 0 Å². The van der Waals surface area contributed by atoms with Crippen molar-refractivity contribution >= 4 is 17.7 Å². The molecular weight excluding hydrogens is 340 g/mol. The van der Waals surface area contributed by atoms with Gasteiger partial charge in [0.1, 0.15) is 18.0 Å². The second-order valence-electron chi connectivity index (χ2n) is 7.84. The van der Waals surface area contributed by atoms with E-state index in [-0.39, 0.29) is 11.6 Å². The van der Waals surface area contributed by atoms with E-state index >= 15 is 0 Å². The number of hydrogen-bond donors (Lipinski definition) is 2. The van der Waals surface area contributed by atoms with Gasteiger partial charge in [0.05, 0.1) is 0 Å². The lowest BCUT2D eigenvalue weighted by Crippen LogP contribution is -2.46. The largest absolute Gasteiger partial charge is 0.354 e. The van der Waals surface area contributed by atoms with Crippen LogP contribution in [0.4, 0.5) is 16.4 Å². The summed E-state index contributed by atoms with van der Waals surface area (Å²) in [4.78, 5) is 25.2. The van der Waals surface area contributed by atoms with Crippen LogP contribution in [-0.2, 0) is 6.54 Å². The van der Waals surface area contributed by atoms with Gasteiger partial charge in [0, 0.05) is 44.3 Å². The van der Waals surface area contributed by atoms with Crippen molar-refractivity contribution in [3.63, 3.8) is 0 Å². The fourth-order valence-electron chi connectivity index (χ4n) is 3.05. The van der Waals surface area contributed by atoms with Crippen molar-refractivity contribution in [2.45, 2.75) is 32.9 Å². The standard InChI is InChI=1S/C20H28N6O/c1-20(2,3)24-19(27)23-17-13-18(22-15-21-17)26-11-9-25(10-12-26)14-16-7-5-4-6-8-16/h4-8,13,15H,9-12,14H2,1-3H3,(H2,21,22,23,24,27). The summed E-state index contributed by atoms with van der Waals surface area (Å²) >= 11 is 0. The Hall–Kier alpha value is -2.67. The van der Waals surface area contributed by atoms with Crippen molar-refractivity contribution in [3.8, 4) is 0 Å². The topological polar surface area (TPSA) is 73.4 Å². The molecule has 7 heteroatoms. The highest BCUT2D eigenvalue weighted by Crippen LogP contribution is 2.17. The molecule has 0 aliphatic carbocycles. The molecule has 1 aliphatic rings. The molecule has 0 unspecified atom stereocenters. The number of benzene rings is 1. The van der Waals surface area contributed by atoms with E-state index in [2.05, 4.69) is 54.7 Å². The van der Waals surface area contributed by atoms with Crippen LogP contribution in [0, 0.1) is 0 Å². The minimum atomic E-state index is -0.297. The average Bonchev–Trinajstić information content (AvgIpc) is 2.62. The second-order valence-corrected chi connectivity index (χ2v) is 7.84. The zero-order chi connectivity index (χ0) is 19.3. The molecule has 2 aromatic rings. The molecule has 3 rings (SSSR count). The maximum Gasteiger partial charge on any atom is 0.320 e. The van der Waals surface area contributed by atoms with Crippen LogP contribution in [0.3, 0.4) is 0 Å². The van der Waals surface area contributed by atoms with Crippen LogP contribution in [0.5, 0.6) is 0 Å². The number of carbonyl (C=O) groups excluding carboxylic acids is 1. The number of nitrogens with zero attached hydrogens (tertiary/aromatic N) is 4. The fraction of sp³-hybridized carbons (Fsp3) is 0.450. The summed E-state index contributed by atoms with van der Waals surface area (Å²) in [5.74, 6) is 1.35. The van der Waals surface area contributed by atoms with E-state index in [1.807, 2.05) is 32.9 Å². The molecule has 0 spiro atoms. The third kappa shape index (κ3) is 5.92. The minimum Gasteiger partial charge on any atom is -0.354 e. The lowest BCUT2D eigenvalue weighted by atomic mass is 10.1. The Morgan fingerprint density at radius 1 is 1.07 bits per heavy atom. The van der Waals surface area contributed by atoms with Crippen LogP contribution >= 0.6 is 0 Å². The maximum absolute atomic E-state index is 12.0. The van der Waals surface area contributed by atoms with Crippen molar-refractivity contribution in [1.82, 2.24) is 20.2 Å². The number of rotatable bonds is 4. The third-order valence-electron chi connectivity index (χ3n) is 4.33. The van der Waals surface area contributed by atoms with Gasteiger partial charge in [-0.05, 0) is 26.3 Å². The molecule has 1 fully saturated rings. The number of anilines is 2. The van der Waals surface area contributed by atoms with Gasteiger partial charge in [-0.25, -0.2) is 14.8 Å². The van der Waals surface area contributed by atoms with E-state index in [1.165, 1.54) is 11.9 Å². The summed E-state index contributed by atoms with van der Waals surface area (Å²) in [7, 11) is 0. The minimum absolute atomic E-state index is 0.264. The van der Waals surface area contributed by atoms with Crippen molar-refractivity contribution in [2.75, 3.05) is 36.4 Å². The van der Waals surface area contributed by atoms with Crippen molar-refractivity contribution in [1.29, 1.82) is 0 Å². The highest BCUT2D eigenvalue weighted by Gasteiger charge is 2.19. The first kappa shape index (κ1) is 19.1. The average molecular weight is 368 g/mol. The Morgan fingerprint density at radius 2 is 1.78 bits per heavy atom. The summed E-state index contributed by atoms with van der Waals surface area (Å²) in [6, 6.07) is 12.1. The zero-order valence-corrected chi connectivity index (χ0v) is 16.3. The first-order chi connectivity index (χ1) is 12.9. The number of hydrogen-bond acceptors (Lipinski definition) is 5. The molecule has 2 N–H and O–H groups in total. The van der Waals surface area contributed by atoms with Crippen molar-refractivity contribution < 1.29 is 4.79 Å². The van der Waals surface area contributed by atoms with Gasteiger partial charge in [-0.2, -0.15) is 0 Å². The van der Waals surface area contributed by atoms with Gasteiger partial charge in [0.15, 0.2) is 0 Å². The van der Waals surface area contributed by atoms with Crippen LogP contribution < -0.4 is 15.5 Å². The monoisotopic (exact) mass is 368 g/mol. The number of urea groups is 1. The molecule has 0 radical (unpaired) electrons. The normalized spacial score (nSPS) is 15.4. The van der Waals surface area contributed by atoms with E-state index in [1.54, 1.807) is 0 Å². The number of carbonyl (C=O) groups is 1. The Morgan fingerprint density at radius 3 is 2.44 bits per heavy atom. The highest BCUT2D eigenvalue weighted by molar-refractivity contribution is 5.89. The number of amides is 2. The molecule has 7 nitrogen and oxygen atoms in total. The number of piperazine rings is 1. The molecular formula is C20H28N6O. The summed E-state index contributed by atoms with van der Waals surface area (Å²) in [5.41, 5.74) is 1.04. The van der Waals surface area contributed by atoms with Gasteiger partial charge in [-0.1, -0.05) is 30.3 Å². The predicted octanol–water partition coefficient (Wildman–Crippen LogP) is 2.72. The lowest BCUT2D eigenvalue weighted by molar-refractivity contribution is 0.243. The lowest BCUT2D eigenvalue weighted by Gasteiger charge is -2.35. The molecule has 1 aromatic carbocycles. The van der Waals surface area contributed by atoms with Gasteiger partial charge >= 0.3 is 6.03 Å². The maximum atomic E-state index is 12.0. The van der Waals surface area contributed by atoms with Crippen LogP contribution in [-0.4, -0.2) is 52.6 Å². The summed E-state index contributed by atoms with van der Waals surface area (Å²) in [6.07, 6.45) is 1.50. The molecule has 144 valence electrons. The highest BCUT2D eigenvalue weighted by atomic mass is 16.2. The Labute approximate surface area is 160 Å². The van der Waals surface area contributed by atoms with E-state index in [0.29, 0.717) is 5.82 Å². The van der Waals surface area contributed by atoms with Crippen LogP contribution in [0.2, 0.25) is 0 Å². The molecule has 0 bridgehead atoms. The Kier molecular flexibility index (Phi) is 5.91. The van der Waals surface area contributed by atoms with Gasteiger partial charge < -0.3 is 10.2 Å². The van der Waals surface area contributed by atoms with Gasteiger partial charge in [0.25, 0.3) is 0 Å². The predicted molar refractivity (Wildman–Crippen MR) is 108 cm³/mol. The van der Waals surface area contributed by atoms with Crippen LogP contribution in [0.15, 0.2) is 42.7 Å². The summed E-state index contributed by atoms with van der Waals surface area (Å²) in [6.45, 7) is 10.5. The van der Waals surface area contributed by atoms with Crippen molar-refractivity contribution in [2.24, 2.45) is 0 Å². The van der Waals surface area contributed by atoms with E-state index in [9.17, 15) is 4.79 Å². The van der Waals surface area contributed by atoms with E-state index in [4.69, 9.17) is 0 Å². The molecule has 1 saturated heterocycles. The number of aromatic nitrogens is 2. The summed E-state index contributed by atoms with van der Waals surface area (Å²) < 4.78 is 0. The van der Waals surface area contributed by atoms with Gasteiger partial charge in [-0.3, -0.25) is 10.2 Å². The SMILES string of the molecule is CC(C)(C)NC(=O)Nc1cc(N2CCN(Cc3ccccc3)CC2)ncn1. The van der Waals surface area contributed by atoms with E-state index in [0.717, 1.165) is 38.5 Å². The third-order valence-corrected chi connectivity index (χ3v) is 4.33. The first-order valence-corrected chi connectivity index (χ1v) is 9.31. The Bertz CT molecular complexity index is 751. The molecule has 1 aromatic heterocycles. The fourth-order valence-corrected chi connectivity index (χ4v) is 3.05. The quantitative estimate of drug-likeness (QED) is 0.868. The molecule has 2 amide bonds. The van der Waals surface area contributed by atoms with Crippen LogP contribution in [0.1, 0.15) is 26.3 Å². The van der Waals surface area contributed by atoms with Gasteiger partial charge in [-0.15, -0.1) is 0 Å². The molecule has 1 aliphatic heterocycles. The second kappa shape index (κ2) is 8.35. The molecule has 2 heterocycles. The zero-order valence-electron chi connectivity index (χ0n) is 16.3. The molecule has 0 atom stereocenters. The smallest absolute Gasteiger partial charge is 0.320 e. The summed E-state index contributed by atoms with van der Waals surface area (Å²) in [5, 5.41) is 5.65. The van der Waals surface area contributed by atoms with E-state index < -0.39 is 0 Å². The Balaban J connectivity index is 1.54. The molecule has 0 saturated carbocycles.